The first-order valence-electron chi connectivity index (χ1n) is 8.81. The zero-order valence-corrected chi connectivity index (χ0v) is 16.3. The summed E-state index contributed by atoms with van der Waals surface area (Å²) in [5, 5.41) is 3.60. The number of carbonyl (C=O) groups is 1. The molecule has 1 saturated heterocycles. The Morgan fingerprint density at radius 2 is 1.89 bits per heavy atom. The van der Waals surface area contributed by atoms with Crippen molar-refractivity contribution in [1.82, 2.24) is 9.47 Å². The summed E-state index contributed by atoms with van der Waals surface area (Å²) in [5.41, 5.74) is 1.47. The molecule has 2 fully saturated rings. The molecular formula is C19H19Cl2N3O3. The van der Waals surface area contributed by atoms with Crippen molar-refractivity contribution >= 4 is 34.9 Å². The van der Waals surface area contributed by atoms with Crippen molar-refractivity contribution in [2.24, 2.45) is 0 Å². The zero-order valence-electron chi connectivity index (χ0n) is 14.7. The summed E-state index contributed by atoms with van der Waals surface area (Å²) in [7, 11) is 0. The molecule has 6 nitrogen and oxygen atoms in total. The number of halogens is 2. The molecule has 0 bridgehead atoms. The second-order valence-electron chi connectivity index (χ2n) is 6.98. The molecule has 1 N–H and O–H groups in total. The number of aryl methyl sites for hydroxylation is 1. The minimum absolute atomic E-state index is 0.0268. The van der Waals surface area contributed by atoms with E-state index < -0.39 is 0 Å². The number of hydrogen-bond donors (Lipinski definition) is 1. The van der Waals surface area contributed by atoms with Crippen LogP contribution in [0.5, 0.6) is 5.75 Å². The highest BCUT2D eigenvalue weighted by molar-refractivity contribution is 6.42. The summed E-state index contributed by atoms with van der Waals surface area (Å²) in [5.74, 6) is 0.559. The summed E-state index contributed by atoms with van der Waals surface area (Å²) in [6.07, 6.45) is 2.00. The Morgan fingerprint density at radius 3 is 2.52 bits per heavy atom. The van der Waals surface area contributed by atoms with Crippen LogP contribution in [0.1, 0.15) is 24.6 Å². The summed E-state index contributed by atoms with van der Waals surface area (Å²) in [6.45, 7) is 2.83. The van der Waals surface area contributed by atoms with Gasteiger partial charge in [0.05, 0.1) is 23.1 Å². The van der Waals surface area contributed by atoms with Crippen molar-refractivity contribution in [2.45, 2.75) is 31.9 Å². The Balaban J connectivity index is 1.32. The predicted octanol–water partition coefficient (Wildman–Crippen LogP) is 4.09. The topological polar surface area (TPSA) is 63.6 Å². The third-order valence-corrected chi connectivity index (χ3v) is 5.49. The maximum Gasteiger partial charge on any atom is 0.322 e. The molecule has 27 heavy (non-hydrogen) atoms. The van der Waals surface area contributed by atoms with Gasteiger partial charge in [-0.3, -0.25) is 4.79 Å². The average molecular weight is 408 g/mol. The lowest BCUT2D eigenvalue weighted by molar-refractivity contribution is 0.0490. The molecule has 142 valence electrons. The number of anilines is 1. The largest absolute Gasteiger partial charge is 0.486 e. The van der Waals surface area contributed by atoms with Crippen molar-refractivity contribution in [2.75, 3.05) is 18.4 Å². The number of urea groups is 1. The van der Waals surface area contributed by atoms with Gasteiger partial charge in [0.2, 0.25) is 0 Å². The highest BCUT2D eigenvalue weighted by Gasteiger charge is 2.33. The fourth-order valence-electron chi connectivity index (χ4n) is 3.20. The van der Waals surface area contributed by atoms with Crippen LogP contribution in [0.15, 0.2) is 35.1 Å². The van der Waals surface area contributed by atoms with E-state index in [0.717, 1.165) is 18.5 Å². The number of amides is 2. The van der Waals surface area contributed by atoms with Gasteiger partial charge in [-0.2, -0.15) is 0 Å². The van der Waals surface area contributed by atoms with E-state index in [0.29, 0.717) is 40.6 Å². The average Bonchev–Trinajstić information content (AvgIpc) is 3.38. The second-order valence-corrected chi connectivity index (χ2v) is 7.79. The minimum Gasteiger partial charge on any atom is -0.486 e. The van der Waals surface area contributed by atoms with Gasteiger partial charge in [0.1, 0.15) is 11.9 Å². The van der Waals surface area contributed by atoms with Gasteiger partial charge < -0.3 is 19.5 Å². The molecule has 1 aromatic carbocycles. The van der Waals surface area contributed by atoms with Gasteiger partial charge in [0.15, 0.2) is 0 Å². The maximum atomic E-state index is 12.3. The van der Waals surface area contributed by atoms with Gasteiger partial charge in [-0.1, -0.05) is 23.2 Å². The number of carbonyl (C=O) groups excluding carboxylic acids is 1. The number of hydrogen-bond acceptors (Lipinski definition) is 3. The van der Waals surface area contributed by atoms with E-state index in [2.05, 4.69) is 5.32 Å². The van der Waals surface area contributed by atoms with Crippen LogP contribution in [-0.2, 0) is 0 Å². The molecule has 0 spiro atoms. The van der Waals surface area contributed by atoms with Crippen LogP contribution in [-0.4, -0.2) is 34.7 Å². The van der Waals surface area contributed by atoms with E-state index in [1.54, 1.807) is 23.1 Å². The number of likely N-dealkylation sites (tertiary alicyclic amines) is 1. The smallest absolute Gasteiger partial charge is 0.322 e. The number of benzene rings is 1. The van der Waals surface area contributed by atoms with Gasteiger partial charge in [0, 0.05) is 23.5 Å². The first kappa shape index (κ1) is 18.2. The molecule has 4 rings (SSSR count). The van der Waals surface area contributed by atoms with Gasteiger partial charge >= 0.3 is 6.03 Å². The molecule has 2 amide bonds. The maximum absolute atomic E-state index is 12.3. The Morgan fingerprint density at radius 1 is 1.15 bits per heavy atom. The quantitative estimate of drug-likeness (QED) is 0.829. The zero-order chi connectivity index (χ0) is 19.1. The predicted molar refractivity (Wildman–Crippen MR) is 105 cm³/mol. The van der Waals surface area contributed by atoms with Crippen LogP contribution >= 0.6 is 23.2 Å². The molecule has 2 aromatic rings. The van der Waals surface area contributed by atoms with E-state index in [1.165, 1.54) is 6.07 Å². The van der Waals surface area contributed by atoms with Crippen LogP contribution in [0.3, 0.4) is 0 Å². The summed E-state index contributed by atoms with van der Waals surface area (Å²) < 4.78 is 7.68. The number of nitrogens with zero attached hydrogens (tertiary/aromatic N) is 2. The van der Waals surface area contributed by atoms with Gasteiger partial charge in [0.25, 0.3) is 5.56 Å². The molecule has 0 unspecified atom stereocenters. The minimum atomic E-state index is -0.228. The van der Waals surface area contributed by atoms with Crippen molar-refractivity contribution in [1.29, 1.82) is 0 Å². The van der Waals surface area contributed by atoms with Crippen LogP contribution < -0.4 is 15.6 Å². The van der Waals surface area contributed by atoms with Gasteiger partial charge in [-0.15, -0.1) is 0 Å². The van der Waals surface area contributed by atoms with E-state index in [9.17, 15) is 9.59 Å². The number of rotatable bonds is 4. The number of nitrogens with one attached hydrogen (secondary N) is 1. The fourth-order valence-corrected chi connectivity index (χ4v) is 3.50. The first-order valence-corrected chi connectivity index (χ1v) is 9.57. The van der Waals surface area contributed by atoms with Crippen molar-refractivity contribution < 1.29 is 9.53 Å². The van der Waals surface area contributed by atoms with Gasteiger partial charge in [-0.25, -0.2) is 4.79 Å². The molecule has 2 aliphatic rings. The van der Waals surface area contributed by atoms with Gasteiger partial charge in [-0.05, 0) is 44.0 Å². The van der Waals surface area contributed by atoms with E-state index in [1.807, 2.05) is 17.6 Å². The van der Waals surface area contributed by atoms with Crippen LogP contribution in [0.25, 0.3) is 0 Å². The third-order valence-electron chi connectivity index (χ3n) is 4.76. The van der Waals surface area contributed by atoms with Crippen LogP contribution in [0, 0.1) is 6.92 Å². The Labute approximate surface area is 166 Å². The Bertz CT molecular complexity index is 950. The lowest BCUT2D eigenvalue weighted by Crippen LogP contribution is -2.57. The number of pyridine rings is 1. The van der Waals surface area contributed by atoms with Crippen molar-refractivity contribution in [3.8, 4) is 5.75 Å². The highest BCUT2D eigenvalue weighted by atomic mass is 35.5. The highest BCUT2D eigenvalue weighted by Crippen LogP contribution is 2.35. The van der Waals surface area contributed by atoms with E-state index in [4.69, 9.17) is 27.9 Å². The molecule has 0 atom stereocenters. The fraction of sp³-hybridized carbons (Fsp3) is 0.368. The third kappa shape index (κ3) is 3.92. The first-order chi connectivity index (χ1) is 12.9. The summed E-state index contributed by atoms with van der Waals surface area (Å²) >= 11 is 11.8. The standard InChI is InChI=1S/C19H19Cl2N3O3/c1-11-6-14(8-18(25)24(11)13-3-4-13)27-15-9-23(10-15)19(26)22-12-2-5-16(20)17(21)7-12/h2,5-8,13,15H,3-4,9-10H2,1H3,(H,22,26). The molecule has 0 radical (unpaired) electrons. The SMILES string of the molecule is Cc1cc(OC2CN(C(=O)Nc3ccc(Cl)c(Cl)c3)C2)cc(=O)n1C1CC1. The molecule has 2 heterocycles. The lowest BCUT2D eigenvalue weighted by Gasteiger charge is -2.38. The number of ether oxygens (including phenoxy) is 1. The Kier molecular flexibility index (Phi) is 4.78. The number of aromatic nitrogens is 1. The lowest BCUT2D eigenvalue weighted by atomic mass is 10.2. The molecule has 1 saturated carbocycles. The summed E-state index contributed by atoms with van der Waals surface area (Å²) in [4.78, 5) is 26.1. The van der Waals surface area contributed by atoms with E-state index >= 15 is 0 Å². The summed E-state index contributed by atoms with van der Waals surface area (Å²) in [6, 6.07) is 8.46. The molecular weight excluding hydrogens is 389 g/mol. The molecule has 8 heteroatoms. The van der Waals surface area contributed by atoms with Crippen LogP contribution in [0.4, 0.5) is 10.5 Å². The van der Waals surface area contributed by atoms with Crippen molar-refractivity contribution in [3.05, 3.63) is 56.4 Å². The molecule has 1 aliphatic heterocycles. The van der Waals surface area contributed by atoms with Crippen LogP contribution in [0.2, 0.25) is 10.0 Å². The monoisotopic (exact) mass is 407 g/mol. The van der Waals surface area contributed by atoms with E-state index in [-0.39, 0.29) is 17.7 Å². The van der Waals surface area contributed by atoms with Crippen molar-refractivity contribution in [3.63, 3.8) is 0 Å². The second kappa shape index (κ2) is 7.09. The normalized spacial score (nSPS) is 16.8. The molecule has 1 aromatic heterocycles. The Hall–Kier alpha value is -2.18. The molecule has 1 aliphatic carbocycles.